The maximum Gasteiger partial charge on any atom is 0.416 e. The SMILES string of the molecule is CC(C)(C)OC(=O)N(Cc1ccncc1)c1cc(Cl)nc2ccnn12.Clc1cc(NCc2ccncc2)n2nccc2n1. The van der Waals surface area contributed by atoms with E-state index < -0.39 is 11.7 Å². The van der Waals surface area contributed by atoms with Crippen molar-refractivity contribution in [1.29, 1.82) is 0 Å². The molecule has 12 nitrogen and oxygen atoms in total. The lowest BCUT2D eigenvalue weighted by atomic mass is 10.2. The van der Waals surface area contributed by atoms with Crippen LogP contribution in [0.15, 0.2) is 85.7 Å². The number of carbonyl (C=O) groups is 1. The monoisotopic (exact) mass is 618 g/mol. The first kappa shape index (κ1) is 29.7. The number of hydrogen-bond donors (Lipinski definition) is 1. The molecule has 0 saturated carbocycles. The van der Waals surface area contributed by atoms with Crippen molar-refractivity contribution in [3.63, 3.8) is 0 Å². The van der Waals surface area contributed by atoms with Gasteiger partial charge in [0.05, 0.1) is 18.9 Å². The van der Waals surface area contributed by atoms with Gasteiger partial charge in [-0.1, -0.05) is 23.2 Å². The molecule has 0 atom stereocenters. The molecule has 0 bridgehead atoms. The van der Waals surface area contributed by atoms with Gasteiger partial charge in [0.25, 0.3) is 0 Å². The Morgan fingerprint density at radius 2 is 1.37 bits per heavy atom. The second-order valence-electron chi connectivity index (χ2n) is 10.2. The van der Waals surface area contributed by atoms with E-state index in [0.29, 0.717) is 23.2 Å². The predicted molar refractivity (Wildman–Crippen MR) is 164 cm³/mol. The normalized spacial score (nSPS) is 11.2. The molecule has 0 aliphatic heterocycles. The van der Waals surface area contributed by atoms with Crippen molar-refractivity contribution in [2.75, 3.05) is 10.2 Å². The van der Waals surface area contributed by atoms with Crippen LogP contribution < -0.4 is 10.2 Å². The average Bonchev–Trinajstić information content (AvgIpc) is 3.64. The van der Waals surface area contributed by atoms with Gasteiger partial charge in [-0.15, -0.1) is 0 Å². The molecular weight excluding hydrogens is 591 g/mol. The highest BCUT2D eigenvalue weighted by molar-refractivity contribution is 6.30. The molecule has 1 N–H and O–H groups in total. The zero-order valence-corrected chi connectivity index (χ0v) is 25.1. The zero-order chi connectivity index (χ0) is 30.4. The van der Waals surface area contributed by atoms with E-state index in [0.717, 1.165) is 22.6 Å². The van der Waals surface area contributed by atoms with E-state index >= 15 is 0 Å². The van der Waals surface area contributed by atoms with Crippen LogP contribution >= 0.6 is 23.2 Å². The summed E-state index contributed by atoms with van der Waals surface area (Å²) in [5.41, 5.74) is 2.67. The lowest BCUT2D eigenvalue weighted by Gasteiger charge is -2.27. The van der Waals surface area contributed by atoms with Gasteiger partial charge in [-0.05, 0) is 56.2 Å². The van der Waals surface area contributed by atoms with Gasteiger partial charge in [0.2, 0.25) is 0 Å². The van der Waals surface area contributed by atoms with Crippen LogP contribution in [0.2, 0.25) is 10.3 Å². The van der Waals surface area contributed by atoms with Gasteiger partial charge < -0.3 is 10.1 Å². The fourth-order valence-electron chi connectivity index (χ4n) is 3.99. The molecule has 0 spiro atoms. The van der Waals surface area contributed by atoms with Crippen molar-refractivity contribution in [3.05, 3.63) is 107 Å². The number of nitrogens with one attached hydrogen (secondary N) is 1. The molecular formula is C29H28Cl2N10O2. The summed E-state index contributed by atoms with van der Waals surface area (Å²) in [6, 6.07) is 14.4. The van der Waals surface area contributed by atoms with Crippen molar-refractivity contribution >= 4 is 52.2 Å². The largest absolute Gasteiger partial charge is 0.443 e. The van der Waals surface area contributed by atoms with Gasteiger partial charge in [0, 0.05) is 55.6 Å². The molecule has 6 heterocycles. The minimum atomic E-state index is -0.631. The Kier molecular flexibility index (Phi) is 8.98. The number of rotatable bonds is 6. The van der Waals surface area contributed by atoms with E-state index in [-0.39, 0.29) is 11.7 Å². The van der Waals surface area contributed by atoms with Gasteiger partial charge in [-0.2, -0.15) is 19.2 Å². The average molecular weight is 620 g/mol. The molecule has 0 aromatic carbocycles. The molecule has 0 saturated heterocycles. The van der Waals surface area contributed by atoms with Crippen molar-refractivity contribution in [2.45, 2.75) is 39.5 Å². The Morgan fingerprint density at radius 1 is 0.814 bits per heavy atom. The summed E-state index contributed by atoms with van der Waals surface area (Å²) in [5, 5.41) is 12.4. The smallest absolute Gasteiger partial charge is 0.416 e. The number of pyridine rings is 2. The summed E-state index contributed by atoms with van der Waals surface area (Å²) >= 11 is 12.1. The van der Waals surface area contributed by atoms with Gasteiger partial charge in [-0.3, -0.25) is 14.9 Å². The summed E-state index contributed by atoms with van der Waals surface area (Å²) in [6.07, 6.45) is 9.67. The molecule has 220 valence electrons. The van der Waals surface area contributed by atoms with Crippen LogP contribution in [0.25, 0.3) is 11.3 Å². The van der Waals surface area contributed by atoms with Crippen LogP contribution in [0, 0.1) is 0 Å². The molecule has 0 unspecified atom stereocenters. The predicted octanol–water partition coefficient (Wildman–Crippen LogP) is 6.11. The van der Waals surface area contributed by atoms with Crippen LogP contribution in [-0.2, 0) is 17.8 Å². The first-order chi connectivity index (χ1) is 20.7. The second-order valence-corrected chi connectivity index (χ2v) is 11.0. The molecule has 6 rings (SSSR count). The van der Waals surface area contributed by atoms with Crippen LogP contribution in [0.4, 0.5) is 16.4 Å². The molecule has 14 heteroatoms. The van der Waals surface area contributed by atoms with E-state index in [1.807, 2.05) is 51.1 Å². The van der Waals surface area contributed by atoms with E-state index in [2.05, 4.69) is 35.5 Å². The molecule has 6 aromatic heterocycles. The van der Waals surface area contributed by atoms with Crippen LogP contribution in [0.3, 0.4) is 0 Å². The van der Waals surface area contributed by atoms with Crippen LogP contribution in [0.5, 0.6) is 0 Å². The van der Waals surface area contributed by atoms with Crippen molar-refractivity contribution in [1.82, 2.24) is 39.2 Å². The standard InChI is InChI=1S/C17H18ClN5O2.C12H10ClN5/c1-17(2,3)25-16(24)22(11-12-4-7-19-8-5-12)15-10-13(18)21-14-6-9-20-23(14)15;13-10-7-12(18-11(17-10)3-6-16-18)15-8-9-1-4-14-5-2-9/h4-10H,11H2,1-3H3;1-7,15H,8H2. The van der Waals surface area contributed by atoms with Crippen molar-refractivity contribution < 1.29 is 9.53 Å². The number of fused-ring (bicyclic) bond motifs is 2. The van der Waals surface area contributed by atoms with E-state index in [1.54, 1.807) is 64.4 Å². The first-order valence-electron chi connectivity index (χ1n) is 13.2. The minimum Gasteiger partial charge on any atom is -0.443 e. The third kappa shape index (κ3) is 7.73. The Labute approximate surface area is 257 Å². The van der Waals surface area contributed by atoms with Gasteiger partial charge in [-0.25, -0.2) is 14.8 Å². The fourth-order valence-corrected chi connectivity index (χ4v) is 4.36. The van der Waals surface area contributed by atoms with Gasteiger partial charge in [0.1, 0.15) is 27.5 Å². The van der Waals surface area contributed by atoms with Crippen molar-refractivity contribution in [3.8, 4) is 0 Å². The highest BCUT2D eigenvalue weighted by atomic mass is 35.5. The highest BCUT2D eigenvalue weighted by Gasteiger charge is 2.26. The fraction of sp³-hybridized carbons (Fsp3) is 0.207. The van der Waals surface area contributed by atoms with Crippen LogP contribution in [0.1, 0.15) is 31.9 Å². The van der Waals surface area contributed by atoms with E-state index in [1.165, 1.54) is 4.90 Å². The quantitative estimate of drug-likeness (QED) is 0.220. The van der Waals surface area contributed by atoms with Crippen LogP contribution in [-0.4, -0.2) is 50.9 Å². The Morgan fingerprint density at radius 3 is 2.00 bits per heavy atom. The van der Waals surface area contributed by atoms with Gasteiger partial charge in [0.15, 0.2) is 11.3 Å². The maximum atomic E-state index is 12.8. The Bertz CT molecular complexity index is 1820. The lowest BCUT2D eigenvalue weighted by Crippen LogP contribution is -2.37. The molecule has 0 aliphatic rings. The summed E-state index contributed by atoms with van der Waals surface area (Å²) in [6.45, 7) is 6.42. The van der Waals surface area contributed by atoms with Crippen molar-refractivity contribution in [2.24, 2.45) is 0 Å². The second kappa shape index (κ2) is 13.0. The minimum absolute atomic E-state index is 0.270. The summed E-state index contributed by atoms with van der Waals surface area (Å²) in [5.74, 6) is 1.29. The highest BCUT2D eigenvalue weighted by Crippen LogP contribution is 2.24. The Hall–Kier alpha value is -4.81. The molecule has 6 aromatic rings. The lowest BCUT2D eigenvalue weighted by molar-refractivity contribution is 0.0575. The Balaban J connectivity index is 0.000000180. The summed E-state index contributed by atoms with van der Waals surface area (Å²) in [7, 11) is 0. The topological polar surface area (TPSA) is 128 Å². The maximum absolute atomic E-state index is 12.8. The molecule has 43 heavy (non-hydrogen) atoms. The number of anilines is 2. The number of hydrogen-bond acceptors (Lipinski definition) is 9. The van der Waals surface area contributed by atoms with E-state index in [4.69, 9.17) is 27.9 Å². The number of halogens is 2. The first-order valence-corrected chi connectivity index (χ1v) is 13.9. The number of amides is 1. The number of carbonyl (C=O) groups excluding carboxylic acids is 1. The summed E-state index contributed by atoms with van der Waals surface area (Å²) < 4.78 is 8.83. The third-order valence-corrected chi connectivity index (χ3v) is 6.23. The number of aromatic nitrogens is 8. The molecule has 0 fully saturated rings. The summed E-state index contributed by atoms with van der Waals surface area (Å²) in [4.78, 5) is 30.7. The van der Waals surface area contributed by atoms with Gasteiger partial charge >= 0.3 is 6.09 Å². The third-order valence-electron chi connectivity index (χ3n) is 5.84. The molecule has 0 radical (unpaired) electrons. The number of ether oxygens (including phenoxy) is 1. The molecule has 1 amide bonds. The number of nitrogens with zero attached hydrogens (tertiary/aromatic N) is 9. The molecule has 0 aliphatic carbocycles. The van der Waals surface area contributed by atoms with E-state index in [9.17, 15) is 4.79 Å². The zero-order valence-electron chi connectivity index (χ0n) is 23.6.